The Bertz CT molecular complexity index is 611. The van der Waals surface area contributed by atoms with E-state index in [-0.39, 0.29) is 0 Å². The van der Waals surface area contributed by atoms with Crippen LogP contribution in [0.1, 0.15) is 0 Å². The normalized spacial score (nSPS) is 15.2. The van der Waals surface area contributed by atoms with Gasteiger partial charge in [0.15, 0.2) is 26.4 Å². The highest BCUT2D eigenvalue weighted by atomic mass is 31.2. The molecule has 0 unspecified atom stereocenters. The van der Waals surface area contributed by atoms with E-state index in [1.54, 1.807) is 0 Å². The molecular weight excluding hydrogens is 564 g/mol. The third kappa shape index (κ3) is 17.3. The number of hydrogen-bond acceptors (Lipinski definition) is 8. The molecule has 0 aliphatic rings. The van der Waals surface area contributed by atoms with Gasteiger partial charge in [-0.1, -0.05) is 0 Å². The van der Waals surface area contributed by atoms with Crippen molar-refractivity contribution in [1.82, 2.24) is 0 Å². The molecule has 0 bridgehead atoms. The van der Waals surface area contributed by atoms with Crippen LogP contribution in [0.4, 0.5) is 61.5 Å². The lowest BCUT2D eigenvalue weighted by atomic mass is 10.7. The van der Waals surface area contributed by atoms with E-state index in [0.717, 1.165) is 0 Å². The molecule has 0 saturated heterocycles. The number of alkyl halides is 14. The Hall–Kier alpha value is -0.760. The first-order valence-corrected chi connectivity index (χ1v) is 10.0. The van der Waals surface area contributed by atoms with Crippen molar-refractivity contribution in [2.24, 2.45) is 0 Å². The summed E-state index contributed by atoms with van der Waals surface area (Å²) in [6.07, 6.45) is -28.4. The van der Waals surface area contributed by atoms with Crippen molar-refractivity contribution in [3.8, 4) is 0 Å². The fourth-order valence-electron chi connectivity index (χ4n) is 1.07. The van der Waals surface area contributed by atoms with Gasteiger partial charge in [-0.3, -0.25) is 18.1 Å². The molecule has 0 heterocycles. The first-order chi connectivity index (χ1) is 14.2. The van der Waals surface area contributed by atoms with Crippen molar-refractivity contribution in [1.29, 1.82) is 0 Å². The van der Waals surface area contributed by atoms with Crippen LogP contribution in [-0.4, -0.2) is 57.4 Å². The Balaban J connectivity index is 5.74. The Morgan fingerprint density at radius 1 is 0.424 bits per heavy atom. The minimum Gasteiger partial charge on any atom is -0.277 e. The smallest absolute Gasteiger partial charge is 0.277 e. The first-order valence-electron chi connectivity index (χ1n) is 7.08. The van der Waals surface area contributed by atoms with Gasteiger partial charge in [-0.25, -0.2) is 9.13 Å². The number of hydrogen-bond donors (Lipinski definition) is 0. The van der Waals surface area contributed by atoms with E-state index in [2.05, 4.69) is 27.1 Å². The molecule has 0 fully saturated rings. The van der Waals surface area contributed by atoms with Crippen molar-refractivity contribution in [2.75, 3.05) is 26.4 Å². The van der Waals surface area contributed by atoms with E-state index < -0.39 is 73.1 Å². The lowest BCUT2D eigenvalue weighted by molar-refractivity contribution is -0.328. The van der Waals surface area contributed by atoms with Crippen LogP contribution >= 0.6 is 15.6 Å². The summed E-state index contributed by atoms with van der Waals surface area (Å²) in [4.78, 5) is 0. The molecule has 0 aliphatic carbocycles. The summed E-state index contributed by atoms with van der Waals surface area (Å²) in [5.41, 5.74) is 0. The molecule has 200 valence electrons. The van der Waals surface area contributed by atoms with Crippen LogP contribution < -0.4 is 0 Å². The Kier molecular flexibility index (Phi) is 10.6. The van der Waals surface area contributed by atoms with E-state index in [1.807, 2.05) is 0 Å². The van der Waals surface area contributed by atoms with Crippen LogP contribution in [0.3, 0.4) is 0 Å². The highest BCUT2D eigenvalue weighted by Crippen LogP contribution is 2.61. The van der Waals surface area contributed by atoms with E-state index in [0.29, 0.717) is 0 Å². The molecule has 0 saturated carbocycles. The standard InChI is InChI=1S/C9H8F14O8P2/c10-5(11,12)1-26-32(24,27-2-6(13,14)15)30-9(22,23)31-33(25,28-3-7(16,17)18)29-4-8(19,20)21/h1-4H2. The third-order valence-corrected chi connectivity index (χ3v) is 4.64. The van der Waals surface area contributed by atoms with Gasteiger partial charge in [0.2, 0.25) is 0 Å². The molecular formula is C9H8F14O8P2. The Morgan fingerprint density at radius 2 is 0.606 bits per heavy atom. The van der Waals surface area contributed by atoms with E-state index >= 15 is 0 Å². The van der Waals surface area contributed by atoms with Gasteiger partial charge in [-0.2, -0.15) is 61.7 Å². The fourth-order valence-corrected chi connectivity index (χ4v) is 3.30. The summed E-state index contributed by atoms with van der Waals surface area (Å²) in [6.45, 7) is -11.5. The number of phosphoric acid groups is 2. The molecule has 0 N–H and O–H groups in total. The lowest BCUT2D eigenvalue weighted by Gasteiger charge is -2.26. The van der Waals surface area contributed by atoms with Crippen molar-refractivity contribution < 1.29 is 97.7 Å². The maximum absolute atomic E-state index is 13.7. The van der Waals surface area contributed by atoms with E-state index in [9.17, 15) is 70.6 Å². The van der Waals surface area contributed by atoms with Crippen LogP contribution in [0.25, 0.3) is 0 Å². The average molecular weight is 572 g/mol. The Morgan fingerprint density at radius 3 is 0.758 bits per heavy atom. The minimum atomic E-state index is -6.71. The predicted molar refractivity (Wildman–Crippen MR) is 70.4 cm³/mol. The maximum atomic E-state index is 13.7. The summed E-state index contributed by atoms with van der Waals surface area (Å²) < 4.78 is 214. The van der Waals surface area contributed by atoms with Gasteiger partial charge in [0.05, 0.1) is 0 Å². The average Bonchev–Trinajstić information content (AvgIpc) is 2.52. The molecule has 0 aromatic rings. The van der Waals surface area contributed by atoms with Crippen LogP contribution in [0, 0.1) is 0 Å². The highest BCUT2D eigenvalue weighted by Gasteiger charge is 2.54. The topological polar surface area (TPSA) is 89.5 Å². The van der Waals surface area contributed by atoms with Crippen LogP contribution in [0.5, 0.6) is 0 Å². The Labute approximate surface area is 172 Å². The number of phosphoric ester groups is 2. The van der Waals surface area contributed by atoms with Crippen molar-refractivity contribution in [3.05, 3.63) is 0 Å². The minimum absolute atomic E-state index is 2.84. The summed E-state index contributed by atoms with van der Waals surface area (Å²) in [7, 11) is -13.4. The maximum Gasteiger partial charge on any atom is 0.503 e. The SMILES string of the molecule is O=P(OCC(F)(F)F)(OCC(F)(F)F)OC(F)(F)OP(=O)(OCC(F)(F)F)OCC(F)(F)F. The first kappa shape index (κ1) is 32.2. The van der Waals surface area contributed by atoms with Gasteiger partial charge in [0, 0.05) is 0 Å². The van der Waals surface area contributed by atoms with Crippen molar-refractivity contribution in [3.63, 3.8) is 0 Å². The molecule has 0 spiro atoms. The largest absolute Gasteiger partial charge is 0.503 e. The quantitative estimate of drug-likeness (QED) is 0.158. The second kappa shape index (κ2) is 10.9. The summed E-state index contributed by atoms with van der Waals surface area (Å²) in [5.74, 6) is 0. The van der Waals surface area contributed by atoms with E-state index in [1.165, 1.54) is 0 Å². The van der Waals surface area contributed by atoms with Gasteiger partial charge < -0.3 is 0 Å². The van der Waals surface area contributed by atoms with Gasteiger partial charge in [0.1, 0.15) is 0 Å². The van der Waals surface area contributed by atoms with Crippen LogP contribution in [-0.2, 0) is 36.3 Å². The van der Waals surface area contributed by atoms with Gasteiger partial charge >= 0.3 is 46.6 Å². The molecule has 0 atom stereocenters. The summed E-state index contributed by atoms with van der Waals surface area (Å²) in [5, 5.41) is 0. The molecule has 0 rings (SSSR count). The molecule has 0 radical (unpaired) electrons. The zero-order chi connectivity index (χ0) is 26.6. The van der Waals surface area contributed by atoms with Gasteiger partial charge in [-0.15, -0.1) is 8.78 Å². The molecule has 8 nitrogen and oxygen atoms in total. The van der Waals surface area contributed by atoms with Crippen molar-refractivity contribution in [2.45, 2.75) is 31.0 Å². The molecule has 0 aliphatic heterocycles. The second-order valence-corrected chi connectivity index (χ2v) is 8.28. The zero-order valence-corrected chi connectivity index (χ0v) is 16.6. The molecule has 24 heteroatoms. The summed E-state index contributed by atoms with van der Waals surface area (Å²) in [6, 6.07) is 0. The molecule has 33 heavy (non-hydrogen) atoms. The highest BCUT2D eigenvalue weighted by molar-refractivity contribution is 7.49. The predicted octanol–water partition coefficient (Wildman–Crippen LogP) is 6.10. The lowest BCUT2D eigenvalue weighted by Crippen LogP contribution is -2.29. The van der Waals surface area contributed by atoms with Crippen LogP contribution in [0.2, 0.25) is 0 Å². The van der Waals surface area contributed by atoms with Gasteiger partial charge in [0.25, 0.3) is 0 Å². The van der Waals surface area contributed by atoms with Crippen LogP contribution in [0.15, 0.2) is 0 Å². The third-order valence-electron chi connectivity index (χ3n) is 1.98. The molecule has 0 aromatic heterocycles. The number of halogens is 14. The monoisotopic (exact) mass is 572 g/mol. The van der Waals surface area contributed by atoms with Crippen molar-refractivity contribution >= 4 is 15.6 Å². The molecule has 0 aromatic carbocycles. The second-order valence-electron chi connectivity index (χ2n) is 5.09. The van der Waals surface area contributed by atoms with Gasteiger partial charge in [-0.05, 0) is 0 Å². The summed E-state index contributed by atoms with van der Waals surface area (Å²) >= 11 is 0. The van der Waals surface area contributed by atoms with E-state index in [4.69, 9.17) is 0 Å². The zero-order valence-electron chi connectivity index (χ0n) is 14.8. The fraction of sp³-hybridized carbons (Fsp3) is 1.00. The molecule has 0 amide bonds. The number of rotatable bonds is 12.